The van der Waals surface area contributed by atoms with E-state index in [9.17, 15) is 4.79 Å². The van der Waals surface area contributed by atoms with E-state index in [0.29, 0.717) is 6.54 Å². The van der Waals surface area contributed by atoms with Crippen molar-refractivity contribution in [1.29, 1.82) is 0 Å². The number of carbonyl (C=O) groups excluding carboxylic acids is 1. The van der Waals surface area contributed by atoms with Crippen LogP contribution in [0.25, 0.3) is 0 Å². The van der Waals surface area contributed by atoms with Crippen molar-refractivity contribution in [2.75, 3.05) is 13.7 Å². The van der Waals surface area contributed by atoms with Crippen LogP contribution in [0.3, 0.4) is 0 Å². The van der Waals surface area contributed by atoms with E-state index < -0.39 is 6.04 Å². The van der Waals surface area contributed by atoms with Gasteiger partial charge in [-0.1, -0.05) is 0 Å². The number of hydrogen-bond donors (Lipinski definition) is 2. The monoisotopic (exact) mass is 143 g/mol. The molecule has 4 heteroatoms. The van der Waals surface area contributed by atoms with Gasteiger partial charge in [-0.25, -0.2) is 0 Å². The zero-order chi connectivity index (χ0) is 7.56. The molecule has 2 N–H and O–H groups in total. The molecule has 0 bridgehead atoms. The normalized spacial score (nSPS) is 24.1. The first-order valence-electron chi connectivity index (χ1n) is 2.95. The molecule has 0 spiro atoms. The molecule has 10 heavy (non-hydrogen) atoms. The second-order valence-corrected chi connectivity index (χ2v) is 2.04. The Morgan fingerprint density at radius 2 is 2.70 bits per heavy atom. The Hall–Kier alpha value is -1.03. The van der Waals surface area contributed by atoms with Crippen LogP contribution in [0.1, 0.15) is 0 Å². The van der Waals surface area contributed by atoms with Gasteiger partial charge in [-0.2, -0.15) is 0 Å². The second kappa shape index (κ2) is 2.70. The average molecular weight is 143 g/mol. The molecule has 1 aliphatic heterocycles. The molecule has 0 aromatic carbocycles. The van der Waals surface area contributed by atoms with Crippen LogP contribution < -0.4 is 5.32 Å². The lowest BCUT2D eigenvalue weighted by atomic mass is 10.3. The zero-order valence-corrected chi connectivity index (χ0v) is 5.63. The van der Waals surface area contributed by atoms with E-state index in [1.54, 1.807) is 0 Å². The maximum atomic E-state index is 10.7. The van der Waals surface area contributed by atoms with E-state index in [1.165, 1.54) is 13.2 Å². The number of methoxy groups -OCH3 is 1. The van der Waals surface area contributed by atoms with Crippen LogP contribution in [0.5, 0.6) is 0 Å². The summed E-state index contributed by atoms with van der Waals surface area (Å²) < 4.78 is 4.43. The van der Waals surface area contributed by atoms with Crippen LogP contribution in [0, 0.1) is 0 Å². The Morgan fingerprint density at radius 1 is 2.00 bits per heavy atom. The summed E-state index contributed by atoms with van der Waals surface area (Å²) in [7, 11) is 1.31. The first-order chi connectivity index (χ1) is 4.74. The maximum Gasteiger partial charge on any atom is 0.327 e. The summed E-state index contributed by atoms with van der Waals surface area (Å²) >= 11 is 0. The van der Waals surface area contributed by atoms with Gasteiger partial charge in [0.1, 0.15) is 11.8 Å². The van der Waals surface area contributed by atoms with Crippen molar-refractivity contribution in [3.63, 3.8) is 0 Å². The third-order valence-corrected chi connectivity index (χ3v) is 1.32. The van der Waals surface area contributed by atoms with Gasteiger partial charge >= 0.3 is 5.97 Å². The molecule has 0 unspecified atom stereocenters. The fourth-order valence-corrected chi connectivity index (χ4v) is 0.803. The quantitative estimate of drug-likeness (QED) is 0.489. The van der Waals surface area contributed by atoms with Crippen LogP contribution in [0.4, 0.5) is 0 Å². The molecule has 0 saturated carbocycles. The standard InChI is InChI=1S/C6H9NO3/c1-10-6(9)5-2-4(8)3-7-5/h2,5,7-8H,3H2,1H3/t5-/m0/s1. The van der Waals surface area contributed by atoms with Crippen LogP contribution in [0.2, 0.25) is 0 Å². The van der Waals surface area contributed by atoms with E-state index in [4.69, 9.17) is 5.11 Å². The van der Waals surface area contributed by atoms with Crippen molar-refractivity contribution in [2.24, 2.45) is 0 Å². The smallest absolute Gasteiger partial charge is 0.327 e. The third kappa shape index (κ3) is 1.27. The lowest BCUT2D eigenvalue weighted by molar-refractivity contribution is -0.141. The fraction of sp³-hybridized carbons (Fsp3) is 0.500. The molecule has 1 rings (SSSR count). The number of nitrogens with one attached hydrogen (secondary N) is 1. The first-order valence-corrected chi connectivity index (χ1v) is 2.95. The molecular weight excluding hydrogens is 134 g/mol. The van der Waals surface area contributed by atoms with Gasteiger partial charge in [0.15, 0.2) is 0 Å². The van der Waals surface area contributed by atoms with Crippen LogP contribution in [-0.4, -0.2) is 30.8 Å². The molecule has 1 atom stereocenters. The van der Waals surface area contributed by atoms with E-state index >= 15 is 0 Å². The SMILES string of the molecule is COC(=O)[C@@H]1C=C(O)CN1. The molecule has 1 aliphatic rings. The predicted octanol–water partition coefficient (Wildman–Crippen LogP) is -0.427. The highest BCUT2D eigenvalue weighted by atomic mass is 16.5. The number of rotatable bonds is 1. The van der Waals surface area contributed by atoms with E-state index in [0.717, 1.165) is 0 Å². The van der Waals surface area contributed by atoms with E-state index in [1.807, 2.05) is 0 Å². The van der Waals surface area contributed by atoms with Crippen molar-refractivity contribution in [1.82, 2.24) is 5.32 Å². The van der Waals surface area contributed by atoms with Gasteiger partial charge in [-0.05, 0) is 6.08 Å². The third-order valence-electron chi connectivity index (χ3n) is 1.32. The van der Waals surface area contributed by atoms with Crippen LogP contribution in [-0.2, 0) is 9.53 Å². The summed E-state index contributed by atoms with van der Waals surface area (Å²) in [5.41, 5.74) is 0. The molecule has 0 aromatic heterocycles. The topological polar surface area (TPSA) is 58.6 Å². The Labute approximate surface area is 58.5 Å². The van der Waals surface area contributed by atoms with Gasteiger partial charge in [0.2, 0.25) is 0 Å². The van der Waals surface area contributed by atoms with Crippen molar-refractivity contribution < 1.29 is 14.6 Å². The molecule has 0 fully saturated rings. The van der Waals surface area contributed by atoms with Crippen molar-refractivity contribution in [2.45, 2.75) is 6.04 Å². The molecule has 0 saturated heterocycles. The summed E-state index contributed by atoms with van der Waals surface area (Å²) in [6.07, 6.45) is 1.44. The number of esters is 1. The van der Waals surface area contributed by atoms with Gasteiger partial charge < -0.3 is 9.84 Å². The van der Waals surface area contributed by atoms with Crippen molar-refractivity contribution in [3.05, 3.63) is 11.8 Å². The van der Waals surface area contributed by atoms with E-state index in [2.05, 4.69) is 10.1 Å². The Balaban J connectivity index is 2.52. The Bertz CT molecular complexity index is 176. The molecule has 56 valence electrons. The minimum Gasteiger partial charge on any atom is -0.511 e. The largest absolute Gasteiger partial charge is 0.511 e. The summed E-state index contributed by atoms with van der Waals surface area (Å²) in [4.78, 5) is 10.7. The molecule has 4 nitrogen and oxygen atoms in total. The minimum absolute atomic E-state index is 0.190. The van der Waals surface area contributed by atoms with Crippen molar-refractivity contribution >= 4 is 5.97 Å². The van der Waals surface area contributed by atoms with E-state index in [-0.39, 0.29) is 11.7 Å². The Kier molecular flexibility index (Phi) is 1.91. The molecule has 0 amide bonds. The maximum absolute atomic E-state index is 10.7. The number of carbonyl (C=O) groups is 1. The molecular formula is C6H9NO3. The van der Waals surface area contributed by atoms with Crippen molar-refractivity contribution in [3.8, 4) is 0 Å². The van der Waals surface area contributed by atoms with Gasteiger partial charge in [0.05, 0.1) is 13.7 Å². The highest BCUT2D eigenvalue weighted by Crippen LogP contribution is 2.02. The molecule has 0 radical (unpaired) electrons. The fourth-order valence-electron chi connectivity index (χ4n) is 0.803. The lowest BCUT2D eigenvalue weighted by Crippen LogP contribution is -2.31. The molecule has 0 aromatic rings. The van der Waals surface area contributed by atoms with Gasteiger partial charge in [-0.3, -0.25) is 10.1 Å². The average Bonchev–Trinajstić information content (AvgIpc) is 2.34. The zero-order valence-electron chi connectivity index (χ0n) is 5.63. The van der Waals surface area contributed by atoms with Crippen LogP contribution in [0.15, 0.2) is 11.8 Å². The van der Waals surface area contributed by atoms with Crippen LogP contribution >= 0.6 is 0 Å². The molecule has 0 aliphatic carbocycles. The van der Waals surface area contributed by atoms with Gasteiger partial charge in [-0.15, -0.1) is 0 Å². The first kappa shape index (κ1) is 7.08. The highest BCUT2D eigenvalue weighted by molar-refractivity contribution is 5.78. The minimum atomic E-state index is -0.468. The van der Waals surface area contributed by atoms with Gasteiger partial charge in [0.25, 0.3) is 0 Å². The Morgan fingerprint density at radius 3 is 3.10 bits per heavy atom. The molecule has 1 heterocycles. The summed E-state index contributed by atoms with van der Waals surface area (Å²) in [6.45, 7) is 0.347. The summed E-state index contributed by atoms with van der Waals surface area (Å²) in [5.74, 6) is -0.181. The number of ether oxygens (including phenoxy) is 1. The summed E-state index contributed by atoms with van der Waals surface area (Å²) in [5, 5.41) is 11.6. The second-order valence-electron chi connectivity index (χ2n) is 2.04. The number of aliphatic hydroxyl groups is 1. The highest BCUT2D eigenvalue weighted by Gasteiger charge is 2.21. The lowest BCUT2D eigenvalue weighted by Gasteiger charge is -2.03. The number of aliphatic hydroxyl groups excluding tert-OH is 1. The summed E-state index contributed by atoms with van der Waals surface area (Å²) in [6, 6.07) is -0.468. The van der Waals surface area contributed by atoms with Gasteiger partial charge in [0, 0.05) is 0 Å². The predicted molar refractivity (Wildman–Crippen MR) is 34.5 cm³/mol. The number of hydrogen-bond acceptors (Lipinski definition) is 4.